The number of hydrogen-bond acceptors (Lipinski definition) is 3. The highest BCUT2D eigenvalue weighted by molar-refractivity contribution is 9.10. The largest absolute Gasteiger partial charge is 0.319 e. The first-order chi connectivity index (χ1) is 7.66. The lowest BCUT2D eigenvalue weighted by Gasteiger charge is -2.06. The molecule has 1 amide bonds. The Balaban J connectivity index is 2.18. The highest BCUT2D eigenvalue weighted by atomic mass is 79.9. The highest BCUT2D eigenvalue weighted by Crippen LogP contribution is 2.24. The normalized spacial score (nSPS) is 10.1. The van der Waals surface area contributed by atoms with Crippen molar-refractivity contribution in [1.29, 1.82) is 0 Å². The number of aromatic nitrogens is 1. The molecule has 0 atom stereocenters. The summed E-state index contributed by atoms with van der Waals surface area (Å²) in [6.07, 6.45) is 1.61. The van der Waals surface area contributed by atoms with E-state index in [-0.39, 0.29) is 5.91 Å². The number of nitrogens with one attached hydrogen (secondary N) is 1. The van der Waals surface area contributed by atoms with Crippen LogP contribution in [0.2, 0.25) is 0 Å². The minimum absolute atomic E-state index is 0.181. The fourth-order valence-corrected chi connectivity index (χ4v) is 2.36. The number of carbonyl (C=O) groups excluding carboxylic acids is 1. The van der Waals surface area contributed by atoms with Crippen molar-refractivity contribution in [1.82, 2.24) is 4.98 Å². The smallest absolute Gasteiger partial charge is 0.284 e. The van der Waals surface area contributed by atoms with Gasteiger partial charge in [0.25, 0.3) is 5.91 Å². The van der Waals surface area contributed by atoms with Crippen LogP contribution in [0, 0.1) is 6.92 Å². The molecule has 0 aliphatic heterocycles. The molecule has 2 rings (SSSR count). The van der Waals surface area contributed by atoms with Crippen molar-refractivity contribution >= 4 is 38.9 Å². The lowest BCUT2D eigenvalue weighted by molar-refractivity contribution is 0.102. The van der Waals surface area contributed by atoms with Crippen LogP contribution in [-0.2, 0) is 0 Å². The average Bonchev–Trinajstić information content (AvgIpc) is 2.75. The van der Waals surface area contributed by atoms with Gasteiger partial charge in [0.1, 0.15) is 0 Å². The van der Waals surface area contributed by atoms with Crippen LogP contribution in [0.15, 0.2) is 34.2 Å². The molecule has 2 aromatic rings. The minimum atomic E-state index is -0.181. The molecule has 0 fully saturated rings. The molecule has 0 saturated heterocycles. The van der Waals surface area contributed by atoms with Gasteiger partial charge in [-0.2, -0.15) is 0 Å². The molecule has 0 spiro atoms. The van der Waals surface area contributed by atoms with E-state index in [1.807, 2.05) is 25.1 Å². The Morgan fingerprint density at radius 2 is 2.31 bits per heavy atom. The highest BCUT2D eigenvalue weighted by Gasteiger charge is 2.10. The molecule has 0 aliphatic rings. The zero-order chi connectivity index (χ0) is 11.5. The number of halogens is 1. The summed E-state index contributed by atoms with van der Waals surface area (Å²) in [4.78, 5) is 15.7. The topological polar surface area (TPSA) is 42.0 Å². The van der Waals surface area contributed by atoms with Gasteiger partial charge in [-0.15, -0.1) is 11.3 Å². The van der Waals surface area contributed by atoms with Gasteiger partial charge in [0.05, 0.1) is 5.69 Å². The van der Waals surface area contributed by atoms with Gasteiger partial charge in [0.15, 0.2) is 5.01 Å². The maximum atomic E-state index is 11.7. The summed E-state index contributed by atoms with van der Waals surface area (Å²) in [5.41, 5.74) is 1.89. The molecule has 16 heavy (non-hydrogen) atoms. The van der Waals surface area contributed by atoms with Crippen molar-refractivity contribution in [3.63, 3.8) is 0 Å². The van der Waals surface area contributed by atoms with E-state index >= 15 is 0 Å². The molecule has 1 aromatic heterocycles. The van der Waals surface area contributed by atoms with Gasteiger partial charge in [-0.05, 0) is 40.5 Å². The number of thiazole rings is 1. The molecule has 0 unspecified atom stereocenters. The van der Waals surface area contributed by atoms with Crippen LogP contribution < -0.4 is 5.32 Å². The van der Waals surface area contributed by atoms with Crippen molar-refractivity contribution in [2.24, 2.45) is 0 Å². The summed E-state index contributed by atoms with van der Waals surface area (Å²) in [7, 11) is 0. The van der Waals surface area contributed by atoms with Gasteiger partial charge in [-0.3, -0.25) is 4.79 Å². The first kappa shape index (κ1) is 11.3. The summed E-state index contributed by atoms with van der Waals surface area (Å²) >= 11 is 4.73. The third-order valence-electron chi connectivity index (χ3n) is 2.00. The summed E-state index contributed by atoms with van der Waals surface area (Å²) in [6, 6.07) is 5.77. The second-order valence-corrected chi connectivity index (χ2v) is 5.02. The second-order valence-electron chi connectivity index (χ2n) is 3.27. The third kappa shape index (κ3) is 2.48. The Bertz CT molecular complexity index is 511. The van der Waals surface area contributed by atoms with Crippen LogP contribution in [0.1, 0.15) is 15.4 Å². The van der Waals surface area contributed by atoms with Crippen LogP contribution in [0.3, 0.4) is 0 Å². The predicted molar refractivity (Wildman–Crippen MR) is 68.9 cm³/mol. The fraction of sp³-hybridized carbons (Fsp3) is 0.0909. The molecular weight excluding hydrogens is 288 g/mol. The van der Waals surface area contributed by atoms with Gasteiger partial charge in [0.2, 0.25) is 0 Å². The Labute approximate surface area is 106 Å². The number of nitrogens with zero attached hydrogens (tertiary/aromatic N) is 1. The molecule has 0 saturated carbocycles. The van der Waals surface area contributed by atoms with E-state index in [4.69, 9.17) is 0 Å². The molecule has 1 heterocycles. The first-order valence-corrected chi connectivity index (χ1v) is 6.31. The average molecular weight is 297 g/mol. The van der Waals surface area contributed by atoms with Crippen LogP contribution in [0.25, 0.3) is 0 Å². The molecule has 1 aromatic carbocycles. The van der Waals surface area contributed by atoms with Crippen LogP contribution >= 0.6 is 27.3 Å². The van der Waals surface area contributed by atoms with Gasteiger partial charge in [-0.1, -0.05) is 6.07 Å². The van der Waals surface area contributed by atoms with Gasteiger partial charge >= 0.3 is 0 Å². The predicted octanol–water partition coefficient (Wildman–Crippen LogP) is 3.47. The third-order valence-corrected chi connectivity index (χ3v) is 3.43. The van der Waals surface area contributed by atoms with Crippen molar-refractivity contribution in [3.8, 4) is 0 Å². The number of carbonyl (C=O) groups is 1. The molecule has 82 valence electrons. The van der Waals surface area contributed by atoms with Gasteiger partial charge in [-0.25, -0.2) is 4.98 Å². The van der Waals surface area contributed by atoms with Gasteiger partial charge in [0, 0.05) is 16.0 Å². The van der Waals surface area contributed by atoms with Crippen LogP contribution in [0.4, 0.5) is 5.69 Å². The molecule has 0 aliphatic carbocycles. The zero-order valence-corrected chi connectivity index (χ0v) is 10.9. The molecule has 0 radical (unpaired) electrons. The number of hydrogen-bond donors (Lipinski definition) is 1. The van der Waals surface area contributed by atoms with Crippen molar-refractivity contribution in [2.45, 2.75) is 6.92 Å². The van der Waals surface area contributed by atoms with E-state index in [1.165, 1.54) is 11.3 Å². The number of amides is 1. The number of rotatable bonds is 2. The molecule has 1 N–H and O–H groups in total. The fourth-order valence-electron chi connectivity index (χ4n) is 1.23. The molecule has 5 heteroatoms. The standard InChI is InChI=1S/C11H9BrN2OS/c1-7-2-3-9(8(12)6-7)14-10(15)11-13-4-5-16-11/h2-6H,1H3,(H,14,15). The maximum absolute atomic E-state index is 11.7. The van der Waals surface area contributed by atoms with E-state index in [1.54, 1.807) is 11.6 Å². The Morgan fingerprint density at radius 1 is 1.50 bits per heavy atom. The number of aryl methyl sites for hydroxylation is 1. The SMILES string of the molecule is Cc1ccc(NC(=O)c2nccs2)c(Br)c1. The maximum Gasteiger partial charge on any atom is 0.284 e. The first-order valence-electron chi connectivity index (χ1n) is 4.64. The van der Waals surface area contributed by atoms with Crippen LogP contribution in [0.5, 0.6) is 0 Å². The van der Waals surface area contributed by atoms with Crippen molar-refractivity contribution < 1.29 is 4.79 Å². The van der Waals surface area contributed by atoms with Gasteiger partial charge < -0.3 is 5.32 Å². The number of anilines is 1. The molecule has 0 bridgehead atoms. The monoisotopic (exact) mass is 296 g/mol. The van der Waals surface area contributed by atoms with E-state index in [9.17, 15) is 4.79 Å². The van der Waals surface area contributed by atoms with E-state index < -0.39 is 0 Å². The minimum Gasteiger partial charge on any atom is -0.319 e. The summed E-state index contributed by atoms with van der Waals surface area (Å²) < 4.78 is 0.873. The van der Waals surface area contributed by atoms with Crippen molar-refractivity contribution in [2.75, 3.05) is 5.32 Å². The van der Waals surface area contributed by atoms with E-state index in [0.29, 0.717) is 5.01 Å². The zero-order valence-electron chi connectivity index (χ0n) is 8.53. The summed E-state index contributed by atoms with van der Waals surface area (Å²) in [5, 5.41) is 5.04. The summed E-state index contributed by atoms with van der Waals surface area (Å²) in [5.74, 6) is -0.181. The summed E-state index contributed by atoms with van der Waals surface area (Å²) in [6.45, 7) is 2.00. The lowest BCUT2D eigenvalue weighted by atomic mass is 10.2. The number of benzene rings is 1. The Morgan fingerprint density at radius 3 is 2.94 bits per heavy atom. The Kier molecular flexibility index (Phi) is 3.36. The van der Waals surface area contributed by atoms with Crippen molar-refractivity contribution in [3.05, 3.63) is 44.8 Å². The Hall–Kier alpha value is -1.20. The van der Waals surface area contributed by atoms with E-state index in [2.05, 4.69) is 26.2 Å². The molecular formula is C11H9BrN2OS. The molecule has 3 nitrogen and oxygen atoms in total. The van der Waals surface area contributed by atoms with E-state index in [0.717, 1.165) is 15.7 Å². The lowest BCUT2D eigenvalue weighted by Crippen LogP contribution is -2.11. The quantitative estimate of drug-likeness (QED) is 0.922. The van der Waals surface area contributed by atoms with Crippen LogP contribution in [-0.4, -0.2) is 10.9 Å². The second kappa shape index (κ2) is 4.76.